The van der Waals surface area contributed by atoms with Crippen LogP contribution < -0.4 is 10.1 Å². The number of amides is 1. The molecule has 6 heteroatoms. The number of benzene rings is 2. The lowest BCUT2D eigenvalue weighted by molar-refractivity contribution is -0.111. The number of methoxy groups -OCH3 is 1. The van der Waals surface area contributed by atoms with Crippen LogP contribution in [0.3, 0.4) is 0 Å². The molecule has 31 heavy (non-hydrogen) atoms. The van der Waals surface area contributed by atoms with Gasteiger partial charge in [-0.3, -0.25) is 4.79 Å². The minimum Gasteiger partial charge on any atom is -0.496 e. The highest BCUT2D eigenvalue weighted by Crippen LogP contribution is 2.40. The van der Waals surface area contributed by atoms with Gasteiger partial charge >= 0.3 is 0 Å². The molecule has 0 radical (unpaired) electrons. The van der Waals surface area contributed by atoms with Crippen LogP contribution in [0.15, 0.2) is 71.5 Å². The van der Waals surface area contributed by atoms with Crippen LogP contribution in [-0.4, -0.2) is 18.0 Å². The molecular formula is C25H21FN2O3. The van der Waals surface area contributed by atoms with E-state index in [-0.39, 0.29) is 11.7 Å². The Labute approximate surface area is 179 Å². The standard InChI is InChI=1S/C25H21FN2O3/c1-15(12-23(29)28-22-6-4-5-11-27-22)19-13-20-21(17-7-9-18(26)10-8-17)14-31-25(20)16(2)24(19)30-3/h4-14H,1-3H3,(H,27,28,29)/b15-12+. The SMILES string of the molecule is COc1c(/C(C)=C/C(=O)Nc2ccccn2)cc2c(-c3ccc(F)cc3)coc2c1C. The number of pyridine rings is 1. The zero-order chi connectivity index (χ0) is 22.0. The first-order valence-electron chi connectivity index (χ1n) is 9.73. The van der Waals surface area contributed by atoms with Gasteiger partial charge in [-0.25, -0.2) is 9.37 Å². The van der Waals surface area contributed by atoms with Gasteiger partial charge in [0.1, 0.15) is 23.0 Å². The summed E-state index contributed by atoms with van der Waals surface area (Å²) >= 11 is 0. The van der Waals surface area contributed by atoms with Crippen LogP contribution >= 0.6 is 0 Å². The highest BCUT2D eigenvalue weighted by atomic mass is 19.1. The lowest BCUT2D eigenvalue weighted by Gasteiger charge is -2.13. The zero-order valence-electron chi connectivity index (χ0n) is 17.4. The highest BCUT2D eigenvalue weighted by Gasteiger charge is 2.19. The van der Waals surface area contributed by atoms with E-state index in [0.29, 0.717) is 17.2 Å². The van der Waals surface area contributed by atoms with Gasteiger partial charge in [0.05, 0.1) is 13.4 Å². The molecule has 1 N–H and O–H groups in total. The van der Waals surface area contributed by atoms with E-state index in [1.165, 1.54) is 18.2 Å². The number of nitrogens with one attached hydrogen (secondary N) is 1. The van der Waals surface area contributed by atoms with Gasteiger partial charge in [0.2, 0.25) is 5.91 Å². The third-order valence-corrected chi connectivity index (χ3v) is 5.09. The number of aromatic nitrogens is 1. The summed E-state index contributed by atoms with van der Waals surface area (Å²) in [7, 11) is 1.59. The lowest BCUT2D eigenvalue weighted by atomic mass is 9.96. The van der Waals surface area contributed by atoms with Crippen molar-refractivity contribution >= 4 is 28.3 Å². The predicted molar refractivity (Wildman–Crippen MR) is 119 cm³/mol. The molecule has 4 rings (SSSR count). The molecular weight excluding hydrogens is 395 g/mol. The number of rotatable bonds is 5. The number of carbonyl (C=O) groups is 1. The van der Waals surface area contributed by atoms with E-state index in [4.69, 9.17) is 9.15 Å². The van der Waals surface area contributed by atoms with Crippen LogP contribution in [0, 0.1) is 12.7 Å². The number of hydrogen-bond donors (Lipinski definition) is 1. The molecule has 0 aliphatic heterocycles. The first-order valence-corrected chi connectivity index (χ1v) is 9.73. The summed E-state index contributed by atoms with van der Waals surface area (Å²) in [5.74, 6) is 0.519. The van der Waals surface area contributed by atoms with Crippen LogP contribution in [0.1, 0.15) is 18.1 Å². The van der Waals surface area contributed by atoms with Crippen LogP contribution in [-0.2, 0) is 4.79 Å². The summed E-state index contributed by atoms with van der Waals surface area (Å²) in [6.07, 6.45) is 4.78. The van der Waals surface area contributed by atoms with Crippen molar-refractivity contribution in [3.63, 3.8) is 0 Å². The molecule has 0 atom stereocenters. The average Bonchev–Trinajstić information content (AvgIpc) is 3.19. The number of hydrogen-bond acceptors (Lipinski definition) is 4. The number of fused-ring (bicyclic) bond motifs is 1. The van der Waals surface area contributed by atoms with E-state index in [0.717, 1.165) is 33.2 Å². The van der Waals surface area contributed by atoms with Crippen molar-refractivity contribution in [3.8, 4) is 16.9 Å². The number of aryl methyl sites for hydroxylation is 1. The molecule has 1 amide bonds. The summed E-state index contributed by atoms with van der Waals surface area (Å²) in [5, 5.41) is 3.61. The molecule has 0 fully saturated rings. The fraction of sp³-hybridized carbons (Fsp3) is 0.120. The summed E-state index contributed by atoms with van der Waals surface area (Å²) in [4.78, 5) is 16.6. The van der Waals surface area contributed by atoms with Gasteiger partial charge in [0, 0.05) is 34.3 Å². The molecule has 0 saturated carbocycles. The second kappa shape index (κ2) is 8.44. The Balaban J connectivity index is 1.78. The second-order valence-electron chi connectivity index (χ2n) is 7.15. The van der Waals surface area contributed by atoms with Crippen molar-refractivity contribution < 1.29 is 18.3 Å². The maximum Gasteiger partial charge on any atom is 0.249 e. The van der Waals surface area contributed by atoms with Crippen molar-refractivity contribution in [3.05, 3.63) is 84.0 Å². The monoisotopic (exact) mass is 416 g/mol. The Hall–Kier alpha value is -3.93. The number of anilines is 1. The molecule has 2 aromatic carbocycles. The molecule has 0 saturated heterocycles. The Kier molecular flexibility index (Phi) is 5.54. The average molecular weight is 416 g/mol. The minimum absolute atomic E-state index is 0.290. The van der Waals surface area contributed by atoms with E-state index < -0.39 is 0 Å². The Morgan fingerprint density at radius 3 is 2.65 bits per heavy atom. The molecule has 5 nitrogen and oxygen atoms in total. The van der Waals surface area contributed by atoms with Crippen LogP contribution in [0.25, 0.3) is 27.7 Å². The fourth-order valence-corrected chi connectivity index (χ4v) is 3.60. The number of furan rings is 1. The maximum atomic E-state index is 13.4. The number of allylic oxidation sites excluding steroid dienone is 1. The third kappa shape index (κ3) is 4.05. The molecule has 0 aliphatic rings. The first-order chi connectivity index (χ1) is 15.0. The minimum atomic E-state index is -0.298. The molecule has 0 aliphatic carbocycles. The van der Waals surface area contributed by atoms with E-state index in [1.54, 1.807) is 49.9 Å². The van der Waals surface area contributed by atoms with E-state index in [1.807, 2.05) is 19.9 Å². The molecule has 0 bridgehead atoms. The van der Waals surface area contributed by atoms with Gasteiger partial charge in [0.25, 0.3) is 0 Å². The number of carbonyl (C=O) groups excluding carboxylic acids is 1. The second-order valence-corrected chi connectivity index (χ2v) is 7.15. The zero-order valence-corrected chi connectivity index (χ0v) is 17.4. The summed E-state index contributed by atoms with van der Waals surface area (Å²) < 4.78 is 24.8. The van der Waals surface area contributed by atoms with Gasteiger partial charge < -0.3 is 14.5 Å². The topological polar surface area (TPSA) is 64.4 Å². The van der Waals surface area contributed by atoms with Crippen LogP contribution in [0.5, 0.6) is 5.75 Å². The molecule has 4 aromatic rings. The molecule has 156 valence electrons. The van der Waals surface area contributed by atoms with E-state index >= 15 is 0 Å². The van der Waals surface area contributed by atoms with Gasteiger partial charge in [-0.1, -0.05) is 18.2 Å². The van der Waals surface area contributed by atoms with Crippen molar-refractivity contribution in [2.24, 2.45) is 0 Å². The van der Waals surface area contributed by atoms with E-state index in [2.05, 4.69) is 10.3 Å². The summed E-state index contributed by atoms with van der Waals surface area (Å²) in [6.45, 7) is 3.75. The molecule has 2 aromatic heterocycles. The quantitative estimate of drug-likeness (QED) is 0.406. The molecule has 2 heterocycles. The van der Waals surface area contributed by atoms with Crippen molar-refractivity contribution in [1.82, 2.24) is 4.98 Å². The number of ether oxygens (including phenoxy) is 1. The van der Waals surface area contributed by atoms with E-state index in [9.17, 15) is 9.18 Å². The first kappa shape index (κ1) is 20.3. The predicted octanol–water partition coefficient (Wildman–Crippen LogP) is 5.99. The van der Waals surface area contributed by atoms with Gasteiger partial charge in [-0.15, -0.1) is 0 Å². The smallest absolute Gasteiger partial charge is 0.249 e. The Morgan fingerprint density at radius 1 is 1.19 bits per heavy atom. The van der Waals surface area contributed by atoms with Gasteiger partial charge in [-0.2, -0.15) is 0 Å². The van der Waals surface area contributed by atoms with Gasteiger partial charge in [-0.05, 0) is 55.3 Å². The van der Waals surface area contributed by atoms with Crippen molar-refractivity contribution in [1.29, 1.82) is 0 Å². The maximum absolute atomic E-state index is 13.4. The normalized spacial score (nSPS) is 11.5. The van der Waals surface area contributed by atoms with Crippen molar-refractivity contribution in [2.45, 2.75) is 13.8 Å². The van der Waals surface area contributed by atoms with Crippen LogP contribution in [0.2, 0.25) is 0 Å². The summed E-state index contributed by atoms with van der Waals surface area (Å²) in [6, 6.07) is 13.5. The number of halogens is 1. The van der Waals surface area contributed by atoms with Crippen LogP contribution in [0.4, 0.5) is 10.2 Å². The highest BCUT2D eigenvalue weighted by molar-refractivity contribution is 6.05. The van der Waals surface area contributed by atoms with Crippen molar-refractivity contribution in [2.75, 3.05) is 12.4 Å². The van der Waals surface area contributed by atoms with Gasteiger partial charge in [0.15, 0.2) is 0 Å². The number of nitrogens with zero attached hydrogens (tertiary/aromatic N) is 1. The largest absolute Gasteiger partial charge is 0.496 e. The summed E-state index contributed by atoms with van der Waals surface area (Å²) in [5.41, 5.74) is 4.68. The molecule has 0 unspecified atom stereocenters. The Bertz CT molecular complexity index is 1280. The molecule has 0 spiro atoms. The lowest BCUT2D eigenvalue weighted by Crippen LogP contribution is -2.09. The third-order valence-electron chi connectivity index (χ3n) is 5.09. The Morgan fingerprint density at radius 2 is 1.97 bits per heavy atom. The fourth-order valence-electron chi connectivity index (χ4n) is 3.60.